The smallest absolute Gasteiger partial charge is 0.328 e. The minimum Gasteiger partial charge on any atom is -0.467 e. The molecule has 1 fully saturated rings. The molecule has 3 aliphatic heterocycles. The van der Waals surface area contributed by atoms with Gasteiger partial charge in [-0.05, 0) is 55.7 Å². The molecule has 5 rings (SSSR count). The topological polar surface area (TPSA) is 124 Å². The van der Waals surface area contributed by atoms with Crippen LogP contribution in [-0.2, 0) is 16.0 Å². The summed E-state index contributed by atoms with van der Waals surface area (Å²) in [6.07, 6.45) is 5.59. The van der Waals surface area contributed by atoms with Crippen LogP contribution in [0, 0.1) is 15.7 Å². The lowest BCUT2D eigenvalue weighted by atomic mass is 9.63. The molecule has 0 radical (unpaired) electrons. The predicted molar refractivity (Wildman–Crippen MR) is 99.8 cm³/mol. The van der Waals surface area contributed by atoms with E-state index in [0.717, 1.165) is 25.8 Å². The van der Waals surface area contributed by atoms with Crippen molar-refractivity contribution in [3.63, 3.8) is 0 Å². The fraction of sp³-hybridized carbons (Fsp3) is 0.571. The lowest BCUT2D eigenvalue weighted by Crippen LogP contribution is -2.58. The molecule has 3 atom stereocenters. The number of esters is 1. The van der Waals surface area contributed by atoms with Gasteiger partial charge in [-0.25, -0.2) is 4.79 Å². The minimum absolute atomic E-state index is 0.0856. The second-order valence-electron chi connectivity index (χ2n) is 8.40. The molecule has 8 nitrogen and oxygen atoms in total. The van der Waals surface area contributed by atoms with Crippen molar-refractivity contribution in [2.45, 2.75) is 51.1 Å². The number of ether oxygens (including phenoxy) is 1. The largest absolute Gasteiger partial charge is 0.467 e. The summed E-state index contributed by atoms with van der Waals surface area (Å²) in [5.74, 6) is -0.0856. The van der Waals surface area contributed by atoms with Gasteiger partial charge in [-0.3, -0.25) is 4.90 Å². The first-order valence-corrected chi connectivity index (χ1v) is 11.5. The van der Waals surface area contributed by atoms with Gasteiger partial charge in [-0.1, -0.05) is 25.1 Å². The lowest BCUT2D eigenvalue weighted by molar-refractivity contribution is -1.92. The van der Waals surface area contributed by atoms with Crippen LogP contribution in [0.4, 0.5) is 0 Å². The Kier molecular flexibility index (Phi) is 5.59. The second-order valence-corrected chi connectivity index (χ2v) is 9.19. The first-order valence-electron chi connectivity index (χ1n) is 10.3. The highest BCUT2D eigenvalue weighted by Crippen LogP contribution is 2.59. The first-order chi connectivity index (χ1) is 14.2. The molecule has 0 amide bonds. The minimum atomic E-state index is -4.69. The summed E-state index contributed by atoms with van der Waals surface area (Å²) in [5, 5.41) is 1.34. The standard InChI is InChI=1S/C21H26N2O2.ClHO4/c1-3-21-10-6-11-22-12-9-15-14-7-4-5-8-16(14)23(18(15)19(21)22)17(13-21)20(24)25-2;2-1(3,4)5/h4-5,7-8,17,19H,3,6,9-13H2,1-2H3;(H,2,3,4,5)/t17?,19-,21+;/m0./s1. The van der Waals surface area contributed by atoms with E-state index in [2.05, 4.69) is 40.7 Å². The number of carbonyl (C=O) groups is 1. The fourth-order valence-corrected chi connectivity index (χ4v) is 6.02. The SMILES string of the molecule is CC[C@@]12CCCN3CCc4c(n(c5ccccc45)C(C(=O)OC)C1)[C@H]32.[O-][Cl+3]([O-])([O-])O. The highest BCUT2D eigenvalue weighted by molar-refractivity contribution is 5.89. The molecule has 0 aliphatic carbocycles. The average molecular weight is 439 g/mol. The summed E-state index contributed by atoms with van der Waals surface area (Å²) in [7, 11) is -3.17. The van der Waals surface area contributed by atoms with E-state index in [4.69, 9.17) is 23.4 Å². The van der Waals surface area contributed by atoms with Crippen LogP contribution in [-0.4, -0.2) is 40.3 Å². The fourth-order valence-electron chi connectivity index (χ4n) is 6.02. The van der Waals surface area contributed by atoms with Crippen LogP contribution in [0.5, 0.6) is 0 Å². The van der Waals surface area contributed by atoms with Crippen molar-refractivity contribution >= 4 is 16.9 Å². The maximum Gasteiger partial charge on any atom is 0.328 e. The number of hydrogen-bond donors (Lipinski definition) is 1. The van der Waals surface area contributed by atoms with E-state index < -0.39 is 10.2 Å². The summed E-state index contributed by atoms with van der Waals surface area (Å²) >= 11 is 0. The molecule has 0 spiro atoms. The van der Waals surface area contributed by atoms with Gasteiger partial charge in [-0.15, -0.1) is 0 Å². The number of rotatable bonds is 2. The van der Waals surface area contributed by atoms with Crippen LogP contribution in [0.15, 0.2) is 24.3 Å². The molecule has 1 aromatic heterocycles. The van der Waals surface area contributed by atoms with Crippen molar-refractivity contribution in [2.24, 2.45) is 5.41 Å². The molecular formula is C21H27ClN2O6. The Morgan fingerprint density at radius 3 is 2.67 bits per heavy atom. The van der Waals surface area contributed by atoms with Gasteiger partial charge in [0.25, 0.3) is 0 Å². The molecular weight excluding hydrogens is 412 g/mol. The van der Waals surface area contributed by atoms with Gasteiger partial charge in [0.2, 0.25) is 0 Å². The lowest BCUT2D eigenvalue weighted by Gasteiger charge is -2.56. The van der Waals surface area contributed by atoms with E-state index >= 15 is 0 Å². The zero-order chi connectivity index (χ0) is 21.7. The van der Waals surface area contributed by atoms with Gasteiger partial charge in [0.15, 0.2) is 0 Å². The van der Waals surface area contributed by atoms with Gasteiger partial charge < -0.3 is 9.30 Å². The number of piperidine rings is 1. The summed E-state index contributed by atoms with van der Waals surface area (Å²) < 4.78 is 40.3. The van der Waals surface area contributed by atoms with Crippen LogP contribution in [0.3, 0.4) is 0 Å². The summed E-state index contributed by atoms with van der Waals surface area (Å²) in [4.78, 5) is 15.5. The number of para-hydroxylation sites is 1. The molecule has 3 aliphatic rings. The van der Waals surface area contributed by atoms with Crippen LogP contribution in [0.2, 0.25) is 0 Å². The number of halogens is 1. The van der Waals surface area contributed by atoms with Gasteiger partial charge in [-0.2, -0.15) is 14.0 Å². The van der Waals surface area contributed by atoms with Crippen LogP contribution >= 0.6 is 0 Å². The van der Waals surface area contributed by atoms with Crippen molar-refractivity contribution in [1.29, 1.82) is 0 Å². The Labute approximate surface area is 177 Å². The van der Waals surface area contributed by atoms with Crippen LogP contribution < -0.4 is 14.0 Å². The molecule has 30 heavy (non-hydrogen) atoms. The number of fused-ring (bicyclic) bond motifs is 3. The molecule has 2 aromatic rings. The third-order valence-corrected chi connectivity index (χ3v) is 7.12. The highest BCUT2D eigenvalue weighted by Gasteiger charge is 2.54. The zero-order valence-corrected chi connectivity index (χ0v) is 17.9. The molecule has 1 unspecified atom stereocenters. The van der Waals surface area contributed by atoms with Crippen molar-refractivity contribution in [1.82, 2.24) is 9.47 Å². The number of nitrogens with zero attached hydrogens (tertiary/aromatic N) is 2. The number of methoxy groups -OCH3 is 1. The van der Waals surface area contributed by atoms with Crippen LogP contribution in [0.1, 0.15) is 55.9 Å². The van der Waals surface area contributed by atoms with Crippen molar-refractivity contribution in [3.05, 3.63) is 35.5 Å². The zero-order valence-electron chi connectivity index (χ0n) is 17.2. The Morgan fingerprint density at radius 2 is 2.00 bits per heavy atom. The maximum atomic E-state index is 12.8. The Bertz CT molecular complexity index is 949. The number of hydrogen-bond acceptors (Lipinski definition) is 7. The monoisotopic (exact) mass is 438 g/mol. The Hall–Kier alpha value is -1.68. The van der Waals surface area contributed by atoms with Crippen molar-refractivity contribution < 1.29 is 38.4 Å². The van der Waals surface area contributed by atoms with Gasteiger partial charge in [0.05, 0.1) is 28.1 Å². The van der Waals surface area contributed by atoms with E-state index in [9.17, 15) is 4.79 Å². The van der Waals surface area contributed by atoms with Gasteiger partial charge in [0, 0.05) is 23.1 Å². The van der Waals surface area contributed by atoms with E-state index in [1.54, 1.807) is 0 Å². The Balaban J connectivity index is 0.000000393. The van der Waals surface area contributed by atoms with Crippen molar-refractivity contribution in [3.8, 4) is 0 Å². The number of carbonyl (C=O) groups excluding carboxylic acids is 1. The van der Waals surface area contributed by atoms with Crippen LogP contribution in [0.25, 0.3) is 10.9 Å². The summed E-state index contributed by atoms with van der Waals surface area (Å²) in [5.41, 5.74) is 4.30. The van der Waals surface area contributed by atoms with Gasteiger partial charge >= 0.3 is 5.97 Å². The molecule has 0 saturated carbocycles. The van der Waals surface area contributed by atoms with E-state index in [1.807, 2.05) is 0 Å². The third kappa shape index (κ3) is 3.51. The predicted octanol–water partition coefficient (Wildman–Crippen LogP) is -0.275. The molecule has 4 heterocycles. The number of aromatic nitrogens is 1. The third-order valence-electron chi connectivity index (χ3n) is 7.12. The average Bonchev–Trinajstić information content (AvgIpc) is 3.05. The van der Waals surface area contributed by atoms with E-state index in [-0.39, 0.29) is 17.4 Å². The summed E-state index contributed by atoms with van der Waals surface area (Å²) in [6, 6.07) is 8.90. The van der Waals surface area contributed by atoms with E-state index in [1.165, 1.54) is 48.7 Å². The first kappa shape index (κ1) is 21.5. The molecule has 1 N–H and O–H groups in total. The van der Waals surface area contributed by atoms with Crippen molar-refractivity contribution in [2.75, 3.05) is 20.2 Å². The quantitative estimate of drug-likeness (QED) is 0.639. The molecule has 0 bridgehead atoms. The molecule has 1 saturated heterocycles. The number of benzene rings is 1. The molecule has 1 aromatic carbocycles. The second kappa shape index (κ2) is 7.78. The Morgan fingerprint density at radius 1 is 1.30 bits per heavy atom. The van der Waals surface area contributed by atoms with E-state index in [0.29, 0.717) is 6.04 Å². The van der Waals surface area contributed by atoms with Gasteiger partial charge in [0.1, 0.15) is 6.04 Å². The molecule has 164 valence electrons. The summed E-state index contributed by atoms with van der Waals surface area (Å²) in [6.45, 7) is 4.65. The normalized spacial score (nSPS) is 27.8. The maximum absolute atomic E-state index is 12.8. The highest BCUT2D eigenvalue weighted by atomic mass is 35.7. The molecule has 9 heteroatoms.